The van der Waals surface area contributed by atoms with Crippen molar-refractivity contribution in [3.63, 3.8) is 0 Å². The average Bonchev–Trinajstić information content (AvgIpc) is 2.44. The third-order valence-corrected chi connectivity index (χ3v) is 5.43. The van der Waals surface area contributed by atoms with Gasteiger partial charge in [0.25, 0.3) is 5.91 Å². The highest BCUT2D eigenvalue weighted by Crippen LogP contribution is 2.59. The molecule has 0 spiro atoms. The van der Waals surface area contributed by atoms with Crippen LogP contribution in [0, 0.1) is 0 Å². The summed E-state index contributed by atoms with van der Waals surface area (Å²) in [5.41, 5.74) is 2.63. The Labute approximate surface area is 137 Å². The molecule has 0 aromatic heterocycles. The minimum atomic E-state index is -4.80. The first kappa shape index (κ1) is 19.8. The van der Waals surface area contributed by atoms with Crippen molar-refractivity contribution < 1.29 is 24.0 Å². The maximum absolute atomic E-state index is 12.7. The smallest absolute Gasteiger partial charge is 0.323 e. The Morgan fingerprint density at radius 3 is 2.22 bits per heavy atom. The Bertz CT molecular complexity index is 605. The summed E-state index contributed by atoms with van der Waals surface area (Å²) < 4.78 is 12.3. The molecule has 7 heteroatoms. The third-order valence-electron chi connectivity index (χ3n) is 3.68. The fraction of sp³-hybridized carbons (Fsp3) is 0.562. The molecule has 1 atom stereocenters. The minimum absolute atomic E-state index is 0.0480. The van der Waals surface area contributed by atoms with Crippen LogP contribution in [0.25, 0.3) is 0 Å². The van der Waals surface area contributed by atoms with Crippen LogP contribution in [-0.2, 0) is 25.8 Å². The number of nitrogens with one attached hydrogen (secondary N) is 1. The molecule has 0 bridgehead atoms. The van der Waals surface area contributed by atoms with Crippen LogP contribution in [0.2, 0.25) is 0 Å². The number of hydrogen-bond donors (Lipinski definition) is 3. The van der Waals surface area contributed by atoms with E-state index in [0.717, 1.165) is 5.56 Å². The lowest BCUT2D eigenvalue weighted by atomic mass is 9.89. The number of carbonyl (C=O) groups excluding carboxylic acids is 1. The highest BCUT2D eigenvalue weighted by atomic mass is 31.2. The van der Waals surface area contributed by atoms with Crippen LogP contribution in [0.1, 0.15) is 52.2 Å². The lowest BCUT2D eigenvalue weighted by Crippen LogP contribution is -2.46. The monoisotopic (exact) mass is 343 g/mol. The van der Waals surface area contributed by atoms with E-state index in [-0.39, 0.29) is 6.42 Å². The van der Waals surface area contributed by atoms with E-state index in [1.54, 1.807) is 52.0 Å². The number of hydroxylamine groups is 1. The minimum Gasteiger partial charge on any atom is -0.323 e. The van der Waals surface area contributed by atoms with E-state index in [4.69, 9.17) is 4.84 Å². The highest BCUT2D eigenvalue weighted by molar-refractivity contribution is 7.54. The molecule has 0 aliphatic rings. The molecule has 0 aliphatic carbocycles. The quantitative estimate of drug-likeness (QED) is 0.545. The fourth-order valence-corrected chi connectivity index (χ4v) is 3.74. The van der Waals surface area contributed by atoms with Crippen LogP contribution >= 0.6 is 7.60 Å². The van der Waals surface area contributed by atoms with E-state index in [9.17, 15) is 19.1 Å². The molecular weight excluding hydrogens is 317 g/mol. The molecule has 6 nitrogen and oxygen atoms in total. The number of benzene rings is 1. The Morgan fingerprint density at radius 1 is 1.22 bits per heavy atom. The van der Waals surface area contributed by atoms with E-state index < -0.39 is 24.3 Å². The van der Waals surface area contributed by atoms with E-state index >= 15 is 0 Å². The van der Waals surface area contributed by atoms with Gasteiger partial charge in [-0.1, -0.05) is 38.1 Å². The lowest BCUT2D eigenvalue weighted by Gasteiger charge is -2.34. The van der Waals surface area contributed by atoms with E-state index in [1.165, 1.54) is 0 Å². The van der Waals surface area contributed by atoms with E-state index in [0.29, 0.717) is 12.0 Å². The van der Waals surface area contributed by atoms with Crippen LogP contribution < -0.4 is 5.48 Å². The van der Waals surface area contributed by atoms with Crippen molar-refractivity contribution in [2.75, 3.05) is 0 Å². The first-order valence-corrected chi connectivity index (χ1v) is 9.23. The van der Waals surface area contributed by atoms with Gasteiger partial charge in [-0.3, -0.25) is 14.2 Å². The molecule has 1 aromatic rings. The van der Waals surface area contributed by atoms with E-state index in [1.807, 2.05) is 6.92 Å². The third kappa shape index (κ3) is 4.21. The zero-order valence-electron chi connectivity index (χ0n) is 14.3. The van der Waals surface area contributed by atoms with Gasteiger partial charge >= 0.3 is 7.60 Å². The summed E-state index contributed by atoms with van der Waals surface area (Å²) in [6, 6.07) is 6.82. The van der Waals surface area contributed by atoms with Gasteiger partial charge in [0.1, 0.15) is 0 Å². The number of amides is 1. The molecule has 1 amide bonds. The summed E-state index contributed by atoms with van der Waals surface area (Å²) in [5.74, 6) is -0.829. The molecule has 3 N–H and O–H groups in total. The number of carbonyl (C=O) groups is 1. The zero-order valence-corrected chi connectivity index (χ0v) is 15.2. The molecule has 0 radical (unpaired) electrons. The van der Waals surface area contributed by atoms with Gasteiger partial charge in [-0.25, -0.2) is 5.48 Å². The maximum Gasteiger partial charge on any atom is 0.345 e. The maximum atomic E-state index is 12.7. The van der Waals surface area contributed by atoms with Gasteiger partial charge in [-0.05, 0) is 44.7 Å². The highest BCUT2D eigenvalue weighted by Gasteiger charge is 2.54. The molecule has 1 rings (SSSR count). The van der Waals surface area contributed by atoms with Crippen molar-refractivity contribution in [3.8, 4) is 0 Å². The van der Waals surface area contributed by atoms with Gasteiger partial charge in [0.2, 0.25) is 0 Å². The van der Waals surface area contributed by atoms with Gasteiger partial charge in [-0.15, -0.1) is 0 Å². The number of hydrogen-bond acceptors (Lipinski definition) is 3. The van der Waals surface area contributed by atoms with Crippen molar-refractivity contribution in [2.45, 2.75) is 58.2 Å². The van der Waals surface area contributed by atoms with Crippen LogP contribution in [0.4, 0.5) is 0 Å². The van der Waals surface area contributed by atoms with Crippen molar-refractivity contribution in [2.24, 2.45) is 0 Å². The SMILES string of the molecule is CCc1ccccc1C(CC)(C(=O)NOC(C)(C)C)P(=O)(O)O. The lowest BCUT2D eigenvalue weighted by molar-refractivity contribution is -0.149. The van der Waals surface area contributed by atoms with Crippen molar-refractivity contribution in [1.82, 2.24) is 5.48 Å². The largest absolute Gasteiger partial charge is 0.345 e. The topological polar surface area (TPSA) is 95.9 Å². The van der Waals surface area contributed by atoms with Crippen molar-refractivity contribution in [3.05, 3.63) is 35.4 Å². The molecule has 1 aromatic carbocycles. The molecular formula is C16H26NO5P. The Morgan fingerprint density at radius 2 is 1.78 bits per heavy atom. The van der Waals surface area contributed by atoms with Crippen LogP contribution in [0.15, 0.2) is 24.3 Å². The first-order valence-electron chi connectivity index (χ1n) is 7.62. The summed E-state index contributed by atoms with van der Waals surface area (Å²) in [6.07, 6.45) is 0.513. The van der Waals surface area contributed by atoms with Gasteiger partial charge in [0.15, 0.2) is 5.16 Å². The van der Waals surface area contributed by atoms with E-state index in [2.05, 4.69) is 5.48 Å². The van der Waals surface area contributed by atoms with Crippen molar-refractivity contribution >= 4 is 13.5 Å². The Balaban J connectivity index is 3.45. The number of aryl methyl sites for hydroxylation is 1. The summed E-state index contributed by atoms with van der Waals surface area (Å²) in [7, 11) is -4.80. The second-order valence-corrected chi connectivity index (χ2v) is 8.27. The standard InChI is InChI=1S/C16H26NO5P/c1-6-12-10-8-9-11-13(12)16(7-2,23(19,20)21)14(18)17-22-15(3,4)5/h8-11H,6-7H2,1-5H3,(H,17,18)(H2,19,20,21). The predicted molar refractivity (Wildman–Crippen MR) is 88.8 cm³/mol. The second-order valence-electron chi connectivity index (χ2n) is 6.41. The Kier molecular flexibility index (Phi) is 6.16. The molecule has 0 fully saturated rings. The van der Waals surface area contributed by atoms with Gasteiger partial charge < -0.3 is 9.79 Å². The first-order chi connectivity index (χ1) is 10.5. The van der Waals surface area contributed by atoms with Gasteiger partial charge in [0.05, 0.1) is 5.60 Å². The predicted octanol–water partition coefficient (Wildman–Crippen LogP) is 2.88. The molecule has 0 saturated carbocycles. The fourth-order valence-electron chi connectivity index (χ4n) is 2.48. The van der Waals surface area contributed by atoms with Crippen molar-refractivity contribution in [1.29, 1.82) is 0 Å². The molecule has 130 valence electrons. The molecule has 0 heterocycles. The van der Waals surface area contributed by atoms with Crippen LogP contribution in [0.5, 0.6) is 0 Å². The summed E-state index contributed by atoms with van der Waals surface area (Å²) in [5, 5.41) is -1.97. The Hall–Kier alpha value is -1.20. The molecule has 1 unspecified atom stereocenters. The zero-order chi connectivity index (χ0) is 17.9. The molecule has 0 aliphatic heterocycles. The van der Waals surface area contributed by atoms with Crippen LogP contribution in [-0.4, -0.2) is 21.3 Å². The summed E-state index contributed by atoms with van der Waals surface area (Å²) in [6.45, 7) is 8.67. The van der Waals surface area contributed by atoms with Gasteiger partial charge in [-0.2, -0.15) is 0 Å². The average molecular weight is 343 g/mol. The van der Waals surface area contributed by atoms with Crippen LogP contribution in [0.3, 0.4) is 0 Å². The summed E-state index contributed by atoms with van der Waals surface area (Å²) >= 11 is 0. The van der Waals surface area contributed by atoms with Gasteiger partial charge in [0, 0.05) is 0 Å². The molecule has 23 heavy (non-hydrogen) atoms. The summed E-state index contributed by atoms with van der Waals surface area (Å²) in [4.78, 5) is 38.0. The normalized spacial score (nSPS) is 15.1. The second kappa shape index (κ2) is 7.14. The molecule has 0 saturated heterocycles. The number of rotatable bonds is 6.